The summed E-state index contributed by atoms with van der Waals surface area (Å²) in [5.41, 5.74) is -1.16. The molecule has 0 bridgehead atoms. The Kier molecular flexibility index (Phi) is 4.56. The molecule has 0 aliphatic heterocycles. The van der Waals surface area contributed by atoms with E-state index in [4.69, 9.17) is 20.8 Å². The average Bonchev–Trinajstić information content (AvgIpc) is 2.60. The van der Waals surface area contributed by atoms with E-state index < -0.39 is 40.0 Å². The number of benzene rings is 2. The minimum Gasteiger partial charge on any atom is -0.507 e. The number of aromatic hydroxyl groups is 4. The lowest BCUT2D eigenvalue weighted by molar-refractivity contribution is -0.132. The summed E-state index contributed by atoms with van der Waals surface area (Å²) in [6.45, 7) is 0. The monoisotopic (exact) mass is 394 g/mol. The van der Waals surface area contributed by atoms with Crippen LogP contribution < -0.4 is 10.2 Å². The number of fused-ring (bicyclic) bond motifs is 1. The highest BCUT2D eigenvalue weighted by Gasteiger charge is 2.21. The third-order valence-corrected chi connectivity index (χ3v) is 3.79. The molecule has 0 aliphatic carbocycles. The zero-order valence-electron chi connectivity index (χ0n) is 13.2. The highest BCUT2D eigenvalue weighted by Crippen LogP contribution is 2.38. The Morgan fingerprint density at radius 2 is 1.74 bits per heavy atom. The molecule has 0 fully saturated rings. The van der Waals surface area contributed by atoms with Gasteiger partial charge in [-0.2, -0.15) is 0 Å². The van der Waals surface area contributed by atoms with Gasteiger partial charge in [-0.05, 0) is 29.8 Å². The molecule has 1 heterocycles. The number of phenols is 3. The van der Waals surface area contributed by atoms with E-state index in [2.05, 4.69) is 0 Å². The normalized spacial score (nSPS) is 12.1. The fourth-order valence-corrected chi connectivity index (χ4v) is 2.41. The van der Waals surface area contributed by atoms with Crippen LogP contribution in [0.25, 0.3) is 22.3 Å². The SMILES string of the molecule is O=C(Cl)C(O)Oc1cc(O)c2c(=O)c(O)c(-c3ccc(O)c(O)c3)oc2c1. The van der Waals surface area contributed by atoms with Crippen LogP contribution in [0.15, 0.2) is 39.5 Å². The number of aliphatic hydroxyl groups excluding tert-OH is 1. The molecule has 1 atom stereocenters. The summed E-state index contributed by atoms with van der Waals surface area (Å²) in [6, 6.07) is 5.45. The van der Waals surface area contributed by atoms with Crippen molar-refractivity contribution in [2.75, 3.05) is 0 Å². The predicted octanol–water partition coefficient (Wildman–Crippen LogP) is 1.74. The Hall–Kier alpha value is -3.43. The number of hydrogen-bond acceptors (Lipinski definition) is 9. The Balaban J connectivity index is 2.22. The van der Waals surface area contributed by atoms with Crippen LogP contribution in [0.2, 0.25) is 0 Å². The van der Waals surface area contributed by atoms with Crippen LogP contribution in [0.4, 0.5) is 0 Å². The van der Waals surface area contributed by atoms with E-state index in [1.165, 1.54) is 6.07 Å². The number of carbonyl (C=O) groups is 1. The molecule has 1 unspecified atom stereocenters. The first-order valence-corrected chi connectivity index (χ1v) is 7.66. The molecule has 0 aliphatic rings. The molecule has 27 heavy (non-hydrogen) atoms. The summed E-state index contributed by atoms with van der Waals surface area (Å²) in [5, 5.41) is 46.9. The molecule has 0 saturated heterocycles. The van der Waals surface area contributed by atoms with Crippen molar-refractivity contribution in [2.24, 2.45) is 0 Å². The Morgan fingerprint density at radius 1 is 1.04 bits per heavy atom. The fraction of sp³-hybridized carbons (Fsp3) is 0.0588. The summed E-state index contributed by atoms with van der Waals surface area (Å²) >= 11 is 5.09. The standard InChI is InChI=1S/C17H11ClO9/c18-16(24)17(25)26-7-4-10(21)12-11(5-7)27-15(14(23)13(12)22)6-1-2-8(19)9(20)3-6/h1-5,17,19-21,23,25H. The van der Waals surface area contributed by atoms with Crippen molar-refractivity contribution in [2.45, 2.75) is 6.29 Å². The lowest BCUT2D eigenvalue weighted by atomic mass is 10.1. The molecule has 2 aromatic carbocycles. The molecule has 1 aromatic heterocycles. The van der Waals surface area contributed by atoms with Crippen LogP contribution in [-0.4, -0.2) is 37.1 Å². The quantitative estimate of drug-likeness (QED) is 0.252. The summed E-state index contributed by atoms with van der Waals surface area (Å²) in [6.07, 6.45) is -2.01. The van der Waals surface area contributed by atoms with Gasteiger partial charge in [0, 0.05) is 17.7 Å². The van der Waals surface area contributed by atoms with Gasteiger partial charge < -0.3 is 34.7 Å². The second-order valence-corrected chi connectivity index (χ2v) is 5.77. The van der Waals surface area contributed by atoms with Crippen molar-refractivity contribution in [1.29, 1.82) is 0 Å². The molecule has 10 heteroatoms. The van der Waals surface area contributed by atoms with Crippen LogP contribution in [-0.2, 0) is 4.79 Å². The number of halogens is 1. The zero-order chi connectivity index (χ0) is 19.9. The second-order valence-electron chi connectivity index (χ2n) is 5.40. The summed E-state index contributed by atoms with van der Waals surface area (Å²) < 4.78 is 10.3. The van der Waals surface area contributed by atoms with Gasteiger partial charge in [-0.25, -0.2) is 0 Å². The topological polar surface area (TPSA) is 158 Å². The van der Waals surface area contributed by atoms with Gasteiger partial charge in [0.1, 0.15) is 22.5 Å². The Labute approximate surface area is 154 Å². The molecule has 5 N–H and O–H groups in total. The van der Waals surface area contributed by atoms with Crippen molar-refractivity contribution in [3.8, 4) is 40.1 Å². The lowest BCUT2D eigenvalue weighted by Gasteiger charge is -2.12. The Bertz CT molecular complexity index is 1120. The minimum atomic E-state index is -2.01. The molecular weight excluding hydrogens is 384 g/mol. The van der Waals surface area contributed by atoms with Crippen molar-refractivity contribution in [3.05, 3.63) is 40.6 Å². The first-order valence-electron chi connectivity index (χ1n) is 7.28. The van der Waals surface area contributed by atoms with Gasteiger partial charge in [-0.15, -0.1) is 0 Å². The number of phenolic OH excluding ortho intramolecular Hbond substituents is 3. The third-order valence-electron chi connectivity index (χ3n) is 3.60. The van der Waals surface area contributed by atoms with E-state index in [0.29, 0.717) is 0 Å². The smallest absolute Gasteiger partial charge is 0.290 e. The minimum absolute atomic E-state index is 0.0589. The molecule has 3 rings (SSSR count). The highest BCUT2D eigenvalue weighted by atomic mass is 35.5. The maximum absolute atomic E-state index is 12.4. The number of ether oxygens (including phenoxy) is 1. The first kappa shape index (κ1) is 18.4. The van der Waals surface area contributed by atoms with Gasteiger partial charge in [0.15, 0.2) is 17.3 Å². The average molecular weight is 395 g/mol. The van der Waals surface area contributed by atoms with Gasteiger partial charge in [0.05, 0.1) is 0 Å². The van der Waals surface area contributed by atoms with Crippen molar-refractivity contribution >= 4 is 27.8 Å². The third kappa shape index (κ3) is 3.33. The van der Waals surface area contributed by atoms with E-state index >= 15 is 0 Å². The number of aliphatic hydroxyl groups is 1. The van der Waals surface area contributed by atoms with Crippen LogP contribution in [0.3, 0.4) is 0 Å². The highest BCUT2D eigenvalue weighted by molar-refractivity contribution is 6.64. The van der Waals surface area contributed by atoms with Crippen molar-refractivity contribution in [1.82, 2.24) is 0 Å². The van der Waals surface area contributed by atoms with E-state index in [9.17, 15) is 35.1 Å². The van der Waals surface area contributed by atoms with E-state index in [1.807, 2.05) is 0 Å². The predicted molar refractivity (Wildman–Crippen MR) is 92.1 cm³/mol. The van der Waals surface area contributed by atoms with Gasteiger partial charge >= 0.3 is 0 Å². The van der Waals surface area contributed by atoms with Crippen LogP contribution >= 0.6 is 11.6 Å². The van der Waals surface area contributed by atoms with E-state index in [0.717, 1.165) is 24.3 Å². The molecule has 140 valence electrons. The van der Waals surface area contributed by atoms with Gasteiger partial charge in [-0.1, -0.05) is 0 Å². The molecule has 0 amide bonds. The largest absolute Gasteiger partial charge is 0.507 e. The lowest BCUT2D eigenvalue weighted by Crippen LogP contribution is -2.22. The van der Waals surface area contributed by atoms with Crippen molar-refractivity contribution < 1.29 is 39.5 Å². The summed E-state index contributed by atoms with van der Waals surface area (Å²) in [5.74, 6) is -3.01. The number of hydrogen-bond donors (Lipinski definition) is 5. The Morgan fingerprint density at radius 3 is 2.37 bits per heavy atom. The zero-order valence-corrected chi connectivity index (χ0v) is 14.0. The molecule has 0 spiro atoms. The van der Waals surface area contributed by atoms with Gasteiger partial charge in [-0.3, -0.25) is 9.59 Å². The first-order chi connectivity index (χ1) is 12.7. The maximum Gasteiger partial charge on any atom is 0.290 e. The van der Waals surface area contributed by atoms with Crippen molar-refractivity contribution in [3.63, 3.8) is 0 Å². The molecule has 3 aromatic rings. The second kappa shape index (κ2) is 6.71. The van der Waals surface area contributed by atoms with Gasteiger partial charge in [0.25, 0.3) is 11.5 Å². The van der Waals surface area contributed by atoms with Crippen LogP contribution in [0.5, 0.6) is 28.7 Å². The van der Waals surface area contributed by atoms with Crippen LogP contribution in [0.1, 0.15) is 0 Å². The summed E-state index contributed by atoms with van der Waals surface area (Å²) in [7, 11) is 0. The van der Waals surface area contributed by atoms with Gasteiger partial charge in [0.2, 0.25) is 11.2 Å². The number of carbonyl (C=O) groups excluding carboxylic acids is 1. The molecule has 0 saturated carbocycles. The summed E-state index contributed by atoms with van der Waals surface area (Å²) in [4.78, 5) is 23.3. The number of rotatable bonds is 4. The maximum atomic E-state index is 12.4. The molecular formula is C17H11ClO9. The molecule has 9 nitrogen and oxygen atoms in total. The van der Waals surface area contributed by atoms with E-state index in [-0.39, 0.29) is 28.0 Å². The van der Waals surface area contributed by atoms with E-state index in [1.54, 1.807) is 0 Å². The fourth-order valence-electron chi connectivity index (χ4n) is 2.37. The molecule has 0 radical (unpaired) electrons. The van der Waals surface area contributed by atoms with Crippen LogP contribution in [0, 0.1) is 0 Å².